The summed E-state index contributed by atoms with van der Waals surface area (Å²) in [7, 11) is -5.21. The van der Waals surface area contributed by atoms with Gasteiger partial charge in [0, 0.05) is 6.42 Å². The lowest BCUT2D eigenvalue weighted by atomic mass is 9.91. The van der Waals surface area contributed by atoms with E-state index in [-0.39, 0.29) is 5.56 Å². The first-order valence-corrected chi connectivity index (χ1v) is 9.76. The topological polar surface area (TPSA) is 57.2 Å². The molecule has 0 aromatic heterocycles. The maximum absolute atomic E-state index is 13.8. The van der Waals surface area contributed by atoms with Gasteiger partial charge in [-0.15, -0.1) is 0 Å². The molecule has 0 unspecified atom stereocenters. The van der Waals surface area contributed by atoms with Crippen molar-refractivity contribution in [3.63, 3.8) is 0 Å². The van der Waals surface area contributed by atoms with Crippen molar-refractivity contribution in [1.29, 1.82) is 0 Å². The summed E-state index contributed by atoms with van der Waals surface area (Å²) in [6, 6.07) is 2.72. The molecule has 0 bridgehead atoms. The highest BCUT2D eigenvalue weighted by Gasteiger charge is 2.90. The maximum Gasteiger partial charge on any atom is 0.460 e. The molecule has 3 nitrogen and oxygen atoms in total. The zero-order chi connectivity index (χ0) is 26.5. The molecule has 0 spiro atoms. The molecule has 0 aliphatic heterocycles. The summed E-state index contributed by atoms with van der Waals surface area (Å²) in [6.07, 6.45) is -12.3. The highest BCUT2D eigenvalue weighted by molar-refractivity contribution is 7.85. The molecule has 0 radical (unpaired) electrons. The normalized spacial score (nSPS) is 15.1. The van der Waals surface area contributed by atoms with Crippen LogP contribution in [0.25, 0.3) is 0 Å². The summed E-state index contributed by atoms with van der Waals surface area (Å²) in [5, 5.41) is 0. The van der Waals surface area contributed by atoms with Crippen molar-refractivity contribution in [3.8, 4) is 0 Å². The second-order valence-corrected chi connectivity index (χ2v) is 8.27. The Kier molecular flexibility index (Phi) is 7.50. The lowest BCUT2D eigenvalue weighted by Gasteiger charge is -2.39. The summed E-state index contributed by atoms with van der Waals surface area (Å²) in [5.41, 5.74) is -0.306. The first kappa shape index (κ1) is 29.3. The summed E-state index contributed by atoms with van der Waals surface area (Å²) >= 11 is 0. The minimum atomic E-state index is -7.98. The number of halogens is 13. The minimum Gasteiger partial charge on any atom is -0.744 e. The molecule has 192 valence electrons. The first-order valence-electron chi connectivity index (χ1n) is 8.36. The minimum absolute atomic E-state index is 0.232. The molecular formula is C16H12F13O3S-. The van der Waals surface area contributed by atoms with Crippen molar-refractivity contribution < 1.29 is 70.0 Å². The molecule has 0 N–H and O–H groups in total. The SMILES string of the molecule is Cc1ccc(S(=O)(=O)[O-])c(CCCC(F)(F)C(F)(F)C(F)(F)C(F)(F)C(F)(F)C(F)(F)F)c1. The second kappa shape index (κ2) is 8.46. The van der Waals surface area contributed by atoms with E-state index in [4.69, 9.17) is 0 Å². The van der Waals surface area contributed by atoms with Crippen LogP contribution in [0.3, 0.4) is 0 Å². The third kappa shape index (κ3) is 5.02. The Morgan fingerprint density at radius 1 is 0.758 bits per heavy atom. The Balaban J connectivity index is 3.24. The van der Waals surface area contributed by atoms with Gasteiger partial charge in [-0.05, 0) is 31.4 Å². The van der Waals surface area contributed by atoms with Crippen LogP contribution >= 0.6 is 0 Å². The van der Waals surface area contributed by atoms with E-state index in [0.29, 0.717) is 6.07 Å². The predicted octanol–water partition coefficient (Wildman–Crippen LogP) is 5.96. The Labute approximate surface area is 177 Å². The molecule has 1 aromatic carbocycles. The fourth-order valence-corrected chi connectivity index (χ4v) is 3.32. The fraction of sp³-hybridized carbons (Fsp3) is 0.625. The van der Waals surface area contributed by atoms with E-state index in [0.717, 1.165) is 12.1 Å². The Morgan fingerprint density at radius 2 is 1.21 bits per heavy atom. The van der Waals surface area contributed by atoms with Crippen molar-refractivity contribution in [2.45, 2.75) is 66.9 Å². The zero-order valence-corrected chi connectivity index (χ0v) is 16.7. The number of alkyl halides is 13. The van der Waals surface area contributed by atoms with Gasteiger partial charge < -0.3 is 4.55 Å². The second-order valence-electron chi connectivity index (χ2n) is 6.92. The highest BCUT2D eigenvalue weighted by Crippen LogP contribution is 2.60. The van der Waals surface area contributed by atoms with Crippen LogP contribution in [-0.2, 0) is 16.5 Å². The number of rotatable bonds is 9. The van der Waals surface area contributed by atoms with Crippen LogP contribution in [0.15, 0.2) is 23.1 Å². The van der Waals surface area contributed by atoms with Crippen LogP contribution in [-0.4, -0.2) is 48.8 Å². The van der Waals surface area contributed by atoms with E-state index < -0.39 is 75.6 Å². The average Bonchev–Trinajstić information content (AvgIpc) is 2.58. The van der Waals surface area contributed by atoms with E-state index in [2.05, 4.69) is 0 Å². The number of benzene rings is 1. The van der Waals surface area contributed by atoms with Crippen molar-refractivity contribution in [3.05, 3.63) is 29.3 Å². The van der Waals surface area contributed by atoms with Crippen LogP contribution in [0.2, 0.25) is 0 Å². The van der Waals surface area contributed by atoms with Crippen LogP contribution < -0.4 is 0 Å². The zero-order valence-electron chi connectivity index (χ0n) is 15.9. The van der Waals surface area contributed by atoms with Crippen LogP contribution in [0.1, 0.15) is 24.0 Å². The third-order valence-corrected chi connectivity index (χ3v) is 5.36. The van der Waals surface area contributed by atoms with Gasteiger partial charge in [0.15, 0.2) is 0 Å². The molecule has 0 amide bonds. The summed E-state index contributed by atoms with van der Waals surface area (Å²) in [5.74, 6) is -37.3. The van der Waals surface area contributed by atoms with Gasteiger partial charge in [-0.1, -0.05) is 17.7 Å². The predicted molar refractivity (Wildman–Crippen MR) is 82.9 cm³/mol. The smallest absolute Gasteiger partial charge is 0.460 e. The van der Waals surface area contributed by atoms with Gasteiger partial charge in [0.1, 0.15) is 10.1 Å². The standard InChI is InChI=1S/C16H13F13O3S/c1-8-4-5-10(33(30,31)32)9(7-8)3-2-6-11(17,18)12(19,20)13(21,22)14(23,24)15(25,26)16(27,28)29/h4-5,7H,2-3,6H2,1H3,(H,30,31,32)/p-1. The molecule has 0 saturated carbocycles. The van der Waals surface area contributed by atoms with Crippen LogP contribution in [0.4, 0.5) is 57.1 Å². The lowest BCUT2D eigenvalue weighted by molar-refractivity contribution is -0.440. The quantitative estimate of drug-likeness (QED) is 0.292. The van der Waals surface area contributed by atoms with Crippen molar-refractivity contribution in [1.82, 2.24) is 0 Å². The molecule has 33 heavy (non-hydrogen) atoms. The van der Waals surface area contributed by atoms with E-state index >= 15 is 0 Å². The van der Waals surface area contributed by atoms with Crippen molar-refractivity contribution in [2.75, 3.05) is 0 Å². The molecule has 17 heteroatoms. The van der Waals surface area contributed by atoms with Crippen molar-refractivity contribution >= 4 is 10.1 Å². The molecule has 1 rings (SSSR count). The Hall–Kier alpha value is -1.78. The summed E-state index contributed by atoms with van der Waals surface area (Å²) in [6.45, 7) is 1.32. The number of hydrogen-bond donors (Lipinski definition) is 0. The molecule has 0 fully saturated rings. The van der Waals surface area contributed by atoms with Crippen LogP contribution in [0, 0.1) is 6.92 Å². The van der Waals surface area contributed by atoms with Crippen molar-refractivity contribution in [2.24, 2.45) is 0 Å². The summed E-state index contributed by atoms with van der Waals surface area (Å²) in [4.78, 5) is -0.996. The van der Waals surface area contributed by atoms with E-state index in [1.54, 1.807) is 0 Å². The largest absolute Gasteiger partial charge is 0.744 e. The molecule has 0 aliphatic carbocycles. The number of hydrogen-bond acceptors (Lipinski definition) is 3. The van der Waals surface area contributed by atoms with Gasteiger partial charge in [0.25, 0.3) is 0 Å². The first-order chi connectivity index (χ1) is 14.3. The molecule has 0 atom stereocenters. The molecular weight excluding hydrogens is 519 g/mol. The molecule has 0 heterocycles. The van der Waals surface area contributed by atoms with Gasteiger partial charge in [0.2, 0.25) is 0 Å². The van der Waals surface area contributed by atoms with Gasteiger partial charge in [-0.2, -0.15) is 57.1 Å². The van der Waals surface area contributed by atoms with Gasteiger partial charge >= 0.3 is 35.8 Å². The molecule has 0 aliphatic rings. The van der Waals surface area contributed by atoms with E-state index in [9.17, 15) is 70.0 Å². The Morgan fingerprint density at radius 3 is 1.64 bits per heavy atom. The number of aryl methyl sites for hydroxylation is 2. The third-order valence-electron chi connectivity index (χ3n) is 4.42. The highest BCUT2D eigenvalue weighted by atomic mass is 32.2. The van der Waals surface area contributed by atoms with E-state index in [1.165, 1.54) is 6.92 Å². The molecule has 1 aromatic rings. The van der Waals surface area contributed by atoms with Gasteiger partial charge in [-0.3, -0.25) is 0 Å². The summed E-state index contributed by atoms with van der Waals surface area (Å²) < 4.78 is 203. The van der Waals surface area contributed by atoms with Crippen LogP contribution in [0.5, 0.6) is 0 Å². The average molecular weight is 531 g/mol. The molecule has 0 saturated heterocycles. The van der Waals surface area contributed by atoms with Gasteiger partial charge in [0.05, 0.1) is 4.90 Å². The fourth-order valence-electron chi connectivity index (χ4n) is 2.61. The van der Waals surface area contributed by atoms with E-state index in [1.807, 2.05) is 0 Å². The maximum atomic E-state index is 13.8. The Bertz CT molecular complexity index is 968. The van der Waals surface area contributed by atoms with Gasteiger partial charge in [-0.25, -0.2) is 8.42 Å². The lowest BCUT2D eigenvalue weighted by Crippen LogP contribution is -2.70. The monoisotopic (exact) mass is 531 g/mol.